The van der Waals surface area contributed by atoms with Crippen molar-refractivity contribution < 1.29 is 4.79 Å². The van der Waals surface area contributed by atoms with Gasteiger partial charge in [-0.25, -0.2) is 9.97 Å². The number of hydrogen-bond acceptors (Lipinski definition) is 5. The van der Waals surface area contributed by atoms with Gasteiger partial charge in [0.1, 0.15) is 12.1 Å². The molecule has 0 aliphatic carbocycles. The number of amides is 1. The van der Waals surface area contributed by atoms with Crippen molar-refractivity contribution in [2.45, 2.75) is 19.3 Å². The van der Waals surface area contributed by atoms with Gasteiger partial charge in [-0.3, -0.25) is 9.69 Å². The van der Waals surface area contributed by atoms with Gasteiger partial charge in [0.15, 0.2) is 0 Å². The summed E-state index contributed by atoms with van der Waals surface area (Å²) in [4.78, 5) is 23.3. The smallest absolute Gasteiger partial charge is 0.238 e. The number of likely N-dealkylation sites (tertiary alicyclic amines) is 1. The molecule has 6 nitrogen and oxygen atoms in total. The molecule has 2 aromatic carbocycles. The zero-order chi connectivity index (χ0) is 19.3. The molecule has 1 saturated heterocycles. The molecule has 144 valence electrons. The Morgan fingerprint density at radius 1 is 1.00 bits per heavy atom. The molecule has 28 heavy (non-hydrogen) atoms. The maximum atomic E-state index is 12.4. The van der Waals surface area contributed by atoms with Gasteiger partial charge in [0.25, 0.3) is 0 Å². The van der Waals surface area contributed by atoms with E-state index in [9.17, 15) is 4.79 Å². The Morgan fingerprint density at radius 2 is 1.75 bits per heavy atom. The number of nitrogens with one attached hydrogen (secondary N) is 2. The standard InChI is InChI=1S/C21H22BrN5O/c22-15-4-6-16(7-5-15)26-21-18-12-17(8-9-19(18)23-14-24-21)25-20(28)13-27-10-2-1-3-11-27/h4-9,12,14H,1-3,10-11,13H2,(H,25,28)(H,23,24,26). The van der Waals surface area contributed by atoms with Crippen molar-refractivity contribution in [1.82, 2.24) is 14.9 Å². The SMILES string of the molecule is O=C(CN1CCCCC1)Nc1ccc2ncnc(Nc3ccc(Br)cc3)c2c1. The number of carbonyl (C=O) groups is 1. The highest BCUT2D eigenvalue weighted by atomic mass is 79.9. The largest absolute Gasteiger partial charge is 0.340 e. The van der Waals surface area contributed by atoms with Crippen molar-refractivity contribution in [2.24, 2.45) is 0 Å². The maximum Gasteiger partial charge on any atom is 0.238 e. The third-order valence-electron chi connectivity index (χ3n) is 4.84. The van der Waals surface area contributed by atoms with Gasteiger partial charge in [-0.05, 0) is 68.4 Å². The molecule has 0 radical (unpaired) electrons. The van der Waals surface area contributed by atoms with E-state index in [1.807, 2.05) is 42.5 Å². The van der Waals surface area contributed by atoms with Crippen LogP contribution in [0.2, 0.25) is 0 Å². The van der Waals surface area contributed by atoms with E-state index >= 15 is 0 Å². The number of carbonyl (C=O) groups excluding carboxylic acids is 1. The van der Waals surface area contributed by atoms with E-state index in [0.29, 0.717) is 12.4 Å². The average Bonchev–Trinajstić information content (AvgIpc) is 2.71. The second-order valence-electron chi connectivity index (χ2n) is 6.97. The summed E-state index contributed by atoms with van der Waals surface area (Å²) in [6.07, 6.45) is 5.15. The van der Waals surface area contributed by atoms with Crippen molar-refractivity contribution in [1.29, 1.82) is 0 Å². The molecule has 1 amide bonds. The maximum absolute atomic E-state index is 12.4. The van der Waals surface area contributed by atoms with E-state index in [4.69, 9.17) is 0 Å². The average molecular weight is 440 g/mol. The van der Waals surface area contributed by atoms with E-state index < -0.39 is 0 Å². The predicted molar refractivity (Wildman–Crippen MR) is 116 cm³/mol. The summed E-state index contributed by atoms with van der Waals surface area (Å²) in [6, 6.07) is 13.6. The number of nitrogens with zero attached hydrogens (tertiary/aromatic N) is 3. The van der Waals surface area contributed by atoms with Crippen LogP contribution in [0.15, 0.2) is 53.3 Å². The number of anilines is 3. The van der Waals surface area contributed by atoms with E-state index in [0.717, 1.165) is 39.8 Å². The minimum Gasteiger partial charge on any atom is -0.340 e. The van der Waals surface area contributed by atoms with Gasteiger partial charge >= 0.3 is 0 Å². The third-order valence-corrected chi connectivity index (χ3v) is 5.37. The normalized spacial score (nSPS) is 14.8. The number of rotatable bonds is 5. The molecule has 0 spiro atoms. The molecule has 1 aliphatic heterocycles. The Labute approximate surface area is 172 Å². The van der Waals surface area contributed by atoms with Crippen LogP contribution in [0, 0.1) is 0 Å². The monoisotopic (exact) mass is 439 g/mol. The number of fused-ring (bicyclic) bond motifs is 1. The number of aromatic nitrogens is 2. The molecule has 7 heteroatoms. The summed E-state index contributed by atoms with van der Waals surface area (Å²) < 4.78 is 1.02. The van der Waals surface area contributed by atoms with Crippen molar-refractivity contribution in [3.8, 4) is 0 Å². The third kappa shape index (κ3) is 4.66. The summed E-state index contributed by atoms with van der Waals surface area (Å²) >= 11 is 3.44. The Bertz CT molecular complexity index is 970. The molecule has 0 atom stereocenters. The lowest BCUT2D eigenvalue weighted by Gasteiger charge is -2.25. The molecule has 2 heterocycles. The van der Waals surface area contributed by atoms with Crippen LogP contribution in [0.25, 0.3) is 10.9 Å². The van der Waals surface area contributed by atoms with Crippen molar-refractivity contribution >= 4 is 49.9 Å². The van der Waals surface area contributed by atoms with Gasteiger partial charge < -0.3 is 10.6 Å². The van der Waals surface area contributed by atoms with Crippen LogP contribution in [-0.2, 0) is 4.79 Å². The van der Waals surface area contributed by atoms with E-state index in [1.54, 1.807) is 0 Å². The van der Waals surface area contributed by atoms with E-state index in [1.165, 1.54) is 25.6 Å². The Balaban J connectivity index is 1.52. The summed E-state index contributed by atoms with van der Waals surface area (Å²) in [5.74, 6) is 0.722. The van der Waals surface area contributed by atoms with Gasteiger partial charge in [-0.2, -0.15) is 0 Å². The first-order valence-corrected chi connectivity index (χ1v) is 10.3. The van der Waals surface area contributed by atoms with Crippen LogP contribution in [0.1, 0.15) is 19.3 Å². The van der Waals surface area contributed by atoms with Crippen molar-refractivity contribution in [3.05, 3.63) is 53.3 Å². The molecule has 0 saturated carbocycles. The lowest BCUT2D eigenvalue weighted by atomic mass is 10.1. The summed E-state index contributed by atoms with van der Waals surface area (Å²) in [5, 5.41) is 7.20. The van der Waals surface area contributed by atoms with Crippen LogP contribution >= 0.6 is 15.9 Å². The molecule has 0 bridgehead atoms. The zero-order valence-electron chi connectivity index (χ0n) is 15.5. The predicted octanol–water partition coefficient (Wildman–Crippen LogP) is 4.56. The van der Waals surface area contributed by atoms with E-state index in [2.05, 4.69) is 41.4 Å². The lowest BCUT2D eigenvalue weighted by Crippen LogP contribution is -2.36. The minimum absolute atomic E-state index is 0.0144. The van der Waals surface area contributed by atoms with Gasteiger partial charge in [0.2, 0.25) is 5.91 Å². The van der Waals surface area contributed by atoms with E-state index in [-0.39, 0.29) is 5.91 Å². The highest BCUT2D eigenvalue weighted by molar-refractivity contribution is 9.10. The first-order valence-electron chi connectivity index (χ1n) is 9.47. The van der Waals surface area contributed by atoms with Crippen LogP contribution < -0.4 is 10.6 Å². The van der Waals surface area contributed by atoms with Gasteiger partial charge in [0, 0.05) is 21.2 Å². The fourth-order valence-electron chi connectivity index (χ4n) is 3.43. The van der Waals surface area contributed by atoms with Gasteiger partial charge in [-0.1, -0.05) is 22.4 Å². The minimum atomic E-state index is 0.0144. The molecule has 2 N–H and O–H groups in total. The first kappa shape index (κ1) is 18.8. The van der Waals surface area contributed by atoms with Gasteiger partial charge in [-0.15, -0.1) is 0 Å². The molecule has 0 unspecified atom stereocenters. The molecule has 4 rings (SSSR count). The number of benzene rings is 2. The Hall–Kier alpha value is -2.51. The van der Waals surface area contributed by atoms with Crippen LogP contribution in [0.4, 0.5) is 17.2 Å². The fourth-order valence-corrected chi connectivity index (χ4v) is 3.69. The molecule has 1 aromatic heterocycles. The van der Waals surface area contributed by atoms with Crippen molar-refractivity contribution in [3.63, 3.8) is 0 Å². The highest BCUT2D eigenvalue weighted by Crippen LogP contribution is 2.26. The molecule has 1 fully saturated rings. The Kier molecular flexibility index (Phi) is 5.83. The van der Waals surface area contributed by atoms with Gasteiger partial charge in [0.05, 0.1) is 12.1 Å². The summed E-state index contributed by atoms with van der Waals surface area (Å²) in [6.45, 7) is 2.44. The van der Waals surface area contributed by atoms with Crippen LogP contribution in [0.5, 0.6) is 0 Å². The summed E-state index contributed by atoms with van der Waals surface area (Å²) in [5.41, 5.74) is 2.51. The number of hydrogen-bond donors (Lipinski definition) is 2. The molecular weight excluding hydrogens is 418 g/mol. The summed E-state index contributed by atoms with van der Waals surface area (Å²) in [7, 11) is 0. The quantitative estimate of drug-likeness (QED) is 0.609. The molecule has 3 aromatic rings. The topological polar surface area (TPSA) is 70.2 Å². The lowest BCUT2D eigenvalue weighted by molar-refractivity contribution is -0.117. The molecule has 1 aliphatic rings. The second kappa shape index (κ2) is 8.67. The number of piperidine rings is 1. The first-order chi connectivity index (χ1) is 13.7. The highest BCUT2D eigenvalue weighted by Gasteiger charge is 2.14. The van der Waals surface area contributed by atoms with Crippen LogP contribution in [0.3, 0.4) is 0 Å². The Morgan fingerprint density at radius 3 is 2.54 bits per heavy atom. The molecular formula is C21H22BrN5O. The van der Waals surface area contributed by atoms with Crippen molar-refractivity contribution in [2.75, 3.05) is 30.3 Å². The fraction of sp³-hybridized carbons (Fsp3) is 0.286. The number of halogens is 1. The zero-order valence-corrected chi connectivity index (χ0v) is 17.1. The second-order valence-corrected chi connectivity index (χ2v) is 7.89. The van der Waals surface area contributed by atoms with Crippen LogP contribution in [-0.4, -0.2) is 40.4 Å².